The van der Waals surface area contributed by atoms with Gasteiger partial charge in [-0.05, 0) is 29.0 Å². The summed E-state index contributed by atoms with van der Waals surface area (Å²) in [5, 5.41) is 3.64. The van der Waals surface area contributed by atoms with Gasteiger partial charge in [0.15, 0.2) is 0 Å². The predicted octanol–water partition coefficient (Wildman–Crippen LogP) is 5.03. The molecule has 0 bridgehead atoms. The Labute approximate surface area is 193 Å². The molecule has 2 aromatic rings. The lowest BCUT2D eigenvalue weighted by molar-refractivity contribution is -0.115. The van der Waals surface area contributed by atoms with Crippen molar-refractivity contribution in [1.29, 1.82) is 0 Å². The topological polar surface area (TPSA) is 38.8 Å². The fourth-order valence-electron chi connectivity index (χ4n) is 4.12. The van der Waals surface area contributed by atoms with Crippen LogP contribution >= 0.6 is 0 Å². The fraction of sp³-hybridized carbons (Fsp3) is 0.370. The molecule has 5 heteroatoms. The van der Waals surface area contributed by atoms with Gasteiger partial charge >= 0.3 is 0 Å². The Bertz CT molecular complexity index is 967. The number of likely N-dealkylation sites (N-methyl/N-ethyl adjacent to an activating group) is 1. The molecule has 1 atom stereocenters. The van der Waals surface area contributed by atoms with Gasteiger partial charge in [0.25, 0.3) is 0 Å². The van der Waals surface area contributed by atoms with Gasteiger partial charge in [0.05, 0.1) is 5.70 Å². The zero-order chi connectivity index (χ0) is 23.3. The van der Waals surface area contributed by atoms with Gasteiger partial charge < -0.3 is 20.0 Å². The summed E-state index contributed by atoms with van der Waals surface area (Å²) in [5.74, 6) is 1.22. The molecular formula is C27H36N4O. The predicted molar refractivity (Wildman–Crippen MR) is 131 cm³/mol. The van der Waals surface area contributed by atoms with Crippen molar-refractivity contribution in [2.24, 2.45) is 0 Å². The lowest BCUT2D eigenvalue weighted by Crippen LogP contribution is -2.32. The zero-order valence-corrected chi connectivity index (χ0v) is 20.0. The monoisotopic (exact) mass is 432 g/mol. The summed E-state index contributed by atoms with van der Waals surface area (Å²) >= 11 is 0. The van der Waals surface area contributed by atoms with Crippen LogP contribution in [0.2, 0.25) is 0 Å². The number of rotatable bonds is 10. The average molecular weight is 433 g/mol. The molecular weight excluding hydrogens is 396 g/mol. The Morgan fingerprint density at radius 3 is 2.50 bits per heavy atom. The van der Waals surface area contributed by atoms with Crippen LogP contribution in [0.25, 0.3) is 0 Å². The minimum Gasteiger partial charge on any atom is -0.373 e. The summed E-state index contributed by atoms with van der Waals surface area (Å²) < 4.78 is 0. The smallest absolute Gasteiger partial charge is 0.215 e. The van der Waals surface area contributed by atoms with Crippen LogP contribution in [0.3, 0.4) is 0 Å². The Morgan fingerprint density at radius 2 is 1.88 bits per heavy atom. The van der Waals surface area contributed by atoms with Crippen molar-refractivity contribution < 1.29 is 4.79 Å². The van der Waals surface area contributed by atoms with Gasteiger partial charge in [0.1, 0.15) is 17.7 Å². The third-order valence-electron chi connectivity index (χ3n) is 5.99. The lowest BCUT2D eigenvalue weighted by atomic mass is 9.99. The van der Waals surface area contributed by atoms with Crippen molar-refractivity contribution >= 4 is 6.41 Å². The number of nitrogens with one attached hydrogen (secondary N) is 1. The van der Waals surface area contributed by atoms with E-state index in [1.54, 1.807) is 11.9 Å². The van der Waals surface area contributed by atoms with Crippen LogP contribution in [-0.2, 0) is 11.3 Å². The summed E-state index contributed by atoms with van der Waals surface area (Å²) in [6.45, 7) is 12.6. The number of hydrogen-bond donors (Lipinski definition) is 1. The highest BCUT2D eigenvalue weighted by atomic mass is 16.1. The molecule has 32 heavy (non-hydrogen) atoms. The van der Waals surface area contributed by atoms with E-state index in [-0.39, 0.29) is 6.17 Å². The number of carbonyl (C=O) groups excluding carboxylic acids is 1. The van der Waals surface area contributed by atoms with Gasteiger partial charge in [0.2, 0.25) is 6.41 Å². The fourth-order valence-corrected chi connectivity index (χ4v) is 4.12. The van der Waals surface area contributed by atoms with E-state index < -0.39 is 0 Å². The molecule has 0 aromatic heterocycles. The molecule has 5 nitrogen and oxygen atoms in total. The first kappa shape index (κ1) is 23.5. The van der Waals surface area contributed by atoms with E-state index in [0.29, 0.717) is 12.5 Å². The van der Waals surface area contributed by atoms with Crippen LogP contribution < -0.4 is 5.32 Å². The largest absolute Gasteiger partial charge is 0.373 e. The van der Waals surface area contributed by atoms with Crippen molar-refractivity contribution in [2.45, 2.75) is 45.8 Å². The second kappa shape index (κ2) is 10.4. The molecule has 1 amide bonds. The van der Waals surface area contributed by atoms with Crippen molar-refractivity contribution in [3.8, 4) is 0 Å². The molecule has 1 N–H and O–H groups in total. The summed E-state index contributed by atoms with van der Waals surface area (Å²) in [6.07, 6.45) is 1.77. The normalized spacial score (nSPS) is 15.7. The SMILES string of the molecule is C=C(C1=C(N(C)C=O)NC(c2cccc(C(C)C)c2)N1Cc1ccccc1)N(C)CCC. The molecule has 0 radical (unpaired) electrons. The molecule has 1 aliphatic rings. The van der Waals surface area contributed by atoms with E-state index in [9.17, 15) is 4.79 Å². The third-order valence-corrected chi connectivity index (χ3v) is 5.99. The standard InChI is InChI=1S/C27H36N4O/c1-7-16-29(5)21(4)25-27(30(6)19-32)28-26(24-15-11-14-23(17-24)20(2)3)31(25)18-22-12-9-8-10-13-22/h8-15,17,19-20,26,28H,4,7,16,18H2,1-3,5-6H3. The molecule has 0 fully saturated rings. The Morgan fingerprint density at radius 1 is 1.16 bits per heavy atom. The maximum absolute atomic E-state index is 11.8. The summed E-state index contributed by atoms with van der Waals surface area (Å²) in [5.41, 5.74) is 5.54. The number of amides is 1. The van der Waals surface area contributed by atoms with E-state index in [2.05, 4.69) is 98.0 Å². The maximum atomic E-state index is 11.8. The van der Waals surface area contributed by atoms with Crippen LogP contribution in [0.5, 0.6) is 0 Å². The highest BCUT2D eigenvalue weighted by molar-refractivity contribution is 5.53. The van der Waals surface area contributed by atoms with Crippen LogP contribution in [0.15, 0.2) is 78.4 Å². The van der Waals surface area contributed by atoms with Crippen molar-refractivity contribution in [3.63, 3.8) is 0 Å². The molecule has 0 saturated carbocycles. The van der Waals surface area contributed by atoms with Crippen molar-refractivity contribution in [3.05, 3.63) is 95.1 Å². The molecule has 3 rings (SSSR count). The van der Waals surface area contributed by atoms with Gasteiger partial charge in [-0.2, -0.15) is 0 Å². The van der Waals surface area contributed by atoms with E-state index >= 15 is 0 Å². The molecule has 2 aromatic carbocycles. The van der Waals surface area contributed by atoms with E-state index in [1.807, 2.05) is 6.07 Å². The highest BCUT2D eigenvalue weighted by Crippen LogP contribution is 2.37. The molecule has 0 saturated heterocycles. The average Bonchev–Trinajstić information content (AvgIpc) is 3.17. The minimum atomic E-state index is -0.104. The number of hydrogen-bond acceptors (Lipinski definition) is 4. The van der Waals surface area contributed by atoms with Gasteiger partial charge in [-0.25, -0.2) is 0 Å². The van der Waals surface area contributed by atoms with Crippen LogP contribution in [-0.4, -0.2) is 41.7 Å². The Balaban J connectivity index is 2.10. The van der Waals surface area contributed by atoms with Gasteiger partial charge in [-0.3, -0.25) is 4.79 Å². The second-order valence-corrected chi connectivity index (χ2v) is 8.77. The Kier molecular flexibility index (Phi) is 7.62. The number of benzene rings is 2. The summed E-state index contributed by atoms with van der Waals surface area (Å²) in [7, 11) is 3.85. The van der Waals surface area contributed by atoms with Gasteiger partial charge in [-0.1, -0.05) is 81.9 Å². The highest BCUT2D eigenvalue weighted by Gasteiger charge is 2.36. The first-order valence-corrected chi connectivity index (χ1v) is 11.4. The molecule has 0 aliphatic carbocycles. The number of nitrogens with zero attached hydrogens (tertiary/aromatic N) is 3. The zero-order valence-electron chi connectivity index (χ0n) is 20.0. The lowest BCUT2D eigenvalue weighted by Gasteiger charge is -2.33. The molecule has 1 unspecified atom stereocenters. The van der Waals surface area contributed by atoms with E-state index in [0.717, 1.165) is 36.6 Å². The van der Waals surface area contributed by atoms with Crippen molar-refractivity contribution in [1.82, 2.24) is 20.0 Å². The molecule has 170 valence electrons. The first-order valence-electron chi connectivity index (χ1n) is 11.4. The third kappa shape index (κ3) is 4.98. The van der Waals surface area contributed by atoms with Crippen LogP contribution in [0.1, 0.15) is 56.0 Å². The van der Waals surface area contributed by atoms with Crippen LogP contribution in [0.4, 0.5) is 0 Å². The quantitative estimate of drug-likeness (QED) is 0.535. The van der Waals surface area contributed by atoms with Crippen molar-refractivity contribution in [2.75, 3.05) is 20.6 Å². The molecule has 0 spiro atoms. The van der Waals surface area contributed by atoms with Gasteiger partial charge in [-0.15, -0.1) is 0 Å². The first-order chi connectivity index (χ1) is 15.4. The maximum Gasteiger partial charge on any atom is 0.215 e. The van der Waals surface area contributed by atoms with E-state index in [1.165, 1.54) is 16.7 Å². The molecule has 1 aliphatic heterocycles. The second-order valence-electron chi connectivity index (χ2n) is 8.77. The minimum absolute atomic E-state index is 0.104. The van der Waals surface area contributed by atoms with Crippen LogP contribution in [0, 0.1) is 0 Å². The van der Waals surface area contributed by atoms with Gasteiger partial charge in [0, 0.05) is 27.2 Å². The van der Waals surface area contributed by atoms with E-state index in [4.69, 9.17) is 0 Å². The number of carbonyl (C=O) groups is 1. The summed E-state index contributed by atoms with van der Waals surface area (Å²) in [6, 6.07) is 19.1. The summed E-state index contributed by atoms with van der Waals surface area (Å²) in [4.78, 5) is 17.9. The Hall–Kier alpha value is -3.21. The molecule has 1 heterocycles.